The van der Waals surface area contributed by atoms with E-state index < -0.39 is 6.10 Å². The number of hydrogen-bond acceptors (Lipinski definition) is 3. The number of carbonyl (C=O) groups is 1. The molecule has 0 spiro atoms. The summed E-state index contributed by atoms with van der Waals surface area (Å²) in [5.41, 5.74) is 2.97. The van der Waals surface area contributed by atoms with Crippen molar-refractivity contribution in [3.05, 3.63) is 53.6 Å². The molecule has 2 aromatic carbocycles. The Morgan fingerprint density at radius 1 is 1.11 bits per heavy atom. The van der Waals surface area contributed by atoms with Crippen molar-refractivity contribution < 1.29 is 14.3 Å². The molecule has 1 aliphatic carbocycles. The third kappa shape index (κ3) is 5.25. The molecule has 3 rings (SSSR count). The highest BCUT2D eigenvalue weighted by molar-refractivity contribution is 5.94. The van der Waals surface area contributed by atoms with Gasteiger partial charge in [-0.1, -0.05) is 24.6 Å². The van der Waals surface area contributed by atoms with Crippen molar-refractivity contribution in [2.75, 3.05) is 5.32 Å². The van der Waals surface area contributed by atoms with Crippen molar-refractivity contribution in [1.29, 1.82) is 0 Å². The van der Waals surface area contributed by atoms with Gasteiger partial charge in [-0.3, -0.25) is 4.79 Å². The van der Waals surface area contributed by atoms with Crippen LogP contribution in [0.5, 0.6) is 11.5 Å². The molecule has 4 heteroatoms. The molecule has 0 radical (unpaired) electrons. The van der Waals surface area contributed by atoms with Gasteiger partial charge in [-0.25, -0.2) is 0 Å². The third-order valence-electron chi connectivity index (χ3n) is 4.99. The Morgan fingerprint density at radius 2 is 1.81 bits per heavy atom. The largest absolute Gasteiger partial charge is 0.490 e. The van der Waals surface area contributed by atoms with Crippen LogP contribution in [0.15, 0.2) is 42.5 Å². The molecular formula is C23H29NO3. The smallest absolute Gasteiger partial charge is 0.265 e. The summed E-state index contributed by atoms with van der Waals surface area (Å²) in [5.74, 6) is 1.48. The van der Waals surface area contributed by atoms with Gasteiger partial charge in [0.1, 0.15) is 11.5 Å². The first-order valence-corrected chi connectivity index (χ1v) is 9.86. The maximum absolute atomic E-state index is 12.6. The van der Waals surface area contributed by atoms with Crippen molar-refractivity contribution in [2.45, 2.75) is 65.1 Å². The van der Waals surface area contributed by atoms with Crippen LogP contribution < -0.4 is 14.8 Å². The number of carbonyl (C=O) groups excluding carboxylic acids is 1. The van der Waals surface area contributed by atoms with Gasteiger partial charge in [-0.15, -0.1) is 0 Å². The Balaban J connectivity index is 1.58. The number of ether oxygens (including phenoxy) is 2. The van der Waals surface area contributed by atoms with Gasteiger partial charge in [0, 0.05) is 5.69 Å². The van der Waals surface area contributed by atoms with Gasteiger partial charge in [0.05, 0.1) is 6.10 Å². The summed E-state index contributed by atoms with van der Waals surface area (Å²) >= 11 is 0. The number of anilines is 1. The molecule has 2 aromatic rings. The fourth-order valence-electron chi connectivity index (χ4n) is 3.45. The molecule has 1 fully saturated rings. The SMILES string of the molecule is CC[C@H](Oc1ccc(C)cc1C)C(=O)Nc1ccc(OC2CCCC2)cc1. The zero-order valence-electron chi connectivity index (χ0n) is 16.5. The molecule has 1 N–H and O–H groups in total. The average Bonchev–Trinajstić information content (AvgIpc) is 3.16. The number of hydrogen-bond donors (Lipinski definition) is 1. The van der Waals surface area contributed by atoms with Crippen LogP contribution >= 0.6 is 0 Å². The second kappa shape index (κ2) is 8.94. The summed E-state index contributed by atoms with van der Waals surface area (Å²) in [5, 5.41) is 2.95. The van der Waals surface area contributed by atoms with Crippen LogP contribution in [0.2, 0.25) is 0 Å². The molecule has 0 aromatic heterocycles. The summed E-state index contributed by atoms with van der Waals surface area (Å²) in [4.78, 5) is 12.6. The van der Waals surface area contributed by atoms with Crippen LogP contribution in [0, 0.1) is 13.8 Å². The minimum absolute atomic E-state index is 0.137. The number of nitrogens with one attached hydrogen (secondary N) is 1. The Kier molecular flexibility index (Phi) is 6.38. The van der Waals surface area contributed by atoms with Crippen molar-refractivity contribution in [3.63, 3.8) is 0 Å². The molecule has 1 aliphatic rings. The van der Waals surface area contributed by atoms with E-state index in [1.54, 1.807) is 0 Å². The van der Waals surface area contributed by atoms with Crippen LogP contribution in [0.4, 0.5) is 5.69 Å². The van der Waals surface area contributed by atoms with E-state index in [0.717, 1.165) is 35.6 Å². The van der Waals surface area contributed by atoms with Crippen LogP contribution in [-0.2, 0) is 4.79 Å². The molecule has 4 nitrogen and oxygen atoms in total. The second-order valence-corrected chi connectivity index (χ2v) is 7.32. The van der Waals surface area contributed by atoms with Gasteiger partial charge in [-0.05, 0) is 81.8 Å². The predicted octanol–water partition coefficient (Wildman–Crippen LogP) is 5.42. The average molecular weight is 367 g/mol. The molecule has 0 saturated heterocycles. The fraction of sp³-hybridized carbons (Fsp3) is 0.435. The number of benzene rings is 2. The van der Waals surface area contributed by atoms with E-state index >= 15 is 0 Å². The highest BCUT2D eigenvalue weighted by Crippen LogP contribution is 2.25. The van der Waals surface area contributed by atoms with E-state index in [9.17, 15) is 4.79 Å². The lowest BCUT2D eigenvalue weighted by atomic mass is 10.1. The zero-order chi connectivity index (χ0) is 19.2. The van der Waals surface area contributed by atoms with Crippen LogP contribution in [0.1, 0.15) is 50.2 Å². The molecule has 0 unspecified atom stereocenters. The molecule has 1 atom stereocenters. The first-order chi connectivity index (χ1) is 13.0. The fourth-order valence-corrected chi connectivity index (χ4v) is 3.45. The van der Waals surface area contributed by atoms with Gasteiger partial charge < -0.3 is 14.8 Å². The summed E-state index contributed by atoms with van der Waals surface area (Å²) in [6, 6.07) is 13.6. The van der Waals surface area contributed by atoms with Crippen LogP contribution in [-0.4, -0.2) is 18.1 Å². The molecule has 27 heavy (non-hydrogen) atoms. The van der Waals surface area contributed by atoms with Gasteiger partial charge in [0.2, 0.25) is 0 Å². The van der Waals surface area contributed by atoms with Crippen molar-refractivity contribution >= 4 is 11.6 Å². The van der Waals surface area contributed by atoms with Gasteiger partial charge >= 0.3 is 0 Å². The summed E-state index contributed by atoms with van der Waals surface area (Å²) in [6.45, 7) is 5.99. The highest BCUT2D eigenvalue weighted by atomic mass is 16.5. The second-order valence-electron chi connectivity index (χ2n) is 7.32. The van der Waals surface area contributed by atoms with Gasteiger partial charge in [0.15, 0.2) is 6.10 Å². The molecule has 1 amide bonds. The van der Waals surface area contributed by atoms with Crippen molar-refractivity contribution in [3.8, 4) is 11.5 Å². The highest BCUT2D eigenvalue weighted by Gasteiger charge is 2.20. The summed E-state index contributed by atoms with van der Waals surface area (Å²) in [7, 11) is 0. The lowest BCUT2D eigenvalue weighted by Crippen LogP contribution is -2.32. The topological polar surface area (TPSA) is 47.6 Å². The number of rotatable bonds is 7. The Labute approximate surface area is 161 Å². The number of aryl methyl sites for hydroxylation is 2. The quantitative estimate of drug-likeness (QED) is 0.711. The van der Waals surface area contributed by atoms with Gasteiger partial charge in [0.25, 0.3) is 5.91 Å². The summed E-state index contributed by atoms with van der Waals surface area (Å²) < 4.78 is 11.9. The third-order valence-corrected chi connectivity index (χ3v) is 4.99. The van der Waals surface area contributed by atoms with Crippen LogP contribution in [0.3, 0.4) is 0 Å². The first-order valence-electron chi connectivity index (χ1n) is 9.86. The monoisotopic (exact) mass is 367 g/mol. The molecule has 144 valence electrons. The molecule has 0 bridgehead atoms. The van der Waals surface area contributed by atoms with E-state index in [1.807, 2.05) is 57.2 Å². The van der Waals surface area contributed by atoms with E-state index in [2.05, 4.69) is 11.4 Å². The van der Waals surface area contributed by atoms with Crippen molar-refractivity contribution in [1.82, 2.24) is 0 Å². The Morgan fingerprint density at radius 3 is 2.44 bits per heavy atom. The molecule has 1 saturated carbocycles. The van der Waals surface area contributed by atoms with Crippen LogP contribution in [0.25, 0.3) is 0 Å². The zero-order valence-corrected chi connectivity index (χ0v) is 16.5. The maximum atomic E-state index is 12.6. The Hall–Kier alpha value is -2.49. The minimum Gasteiger partial charge on any atom is -0.490 e. The van der Waals surface area contributed by atoms with E-state index in [4.69, 9.17) is 9.47 Å². The predicted molar refractivity (Wildman–Crippen MR) is 109 cm³/mol. The molecular weight excluding hydrogens is 338 g/mol. The molecule has 0 aliphatic heterocycles. The van der Waals surface area contributed by atoms with E-state index in [0.29, 0.717) is 12.5 Å². The number of amides is 1. The lowest BCUT2D eigenvalue weighted by Gasteiger charge is -2.19. The summed E-state index contributed by atoms with van der Waals surface area (Å²) in [6.07, 6.45) is 5.16. The molecule has 0 heterocycles. The first kappa shape index (κ1) is 19.3. The van der Waals surface area contributed by atoms with Gasteiger partial charge in [-0.2, -0.15) is 0 Å². The standard InChI is InChI=1S/C23H29NO3/c1-4-21(27-22-14-9-16(2)15-17(22)3)23(25)24-18-10-12-20(13-11-18)26-19-7-5-6-8-19/h9-15,19,21H,4-8H2,1-3H3,(H,24,25)/t21-/m0/s1. The van der Waals surface area contributed by atoms with E-state index in [1.165, 1.54) is 18.4 Å². The normalized spacial score (nSPS) is 15.4. The maximum Gasteiger partial charge on any atom is 0.265 e. The Bertz CT molecular complexity index is 764. The minimum atomic E-state index is -0.527. The van der Waals surface area contributed by atoms with E-state index in [-0.39, 0.29) is 5.91 Å². The van der Waals surface area contributed by atoms with Crippen molar-refractivity contribution in [2.24, 2.45) is 0 Å². The lowest BCUT2D eigenvalue weighted by molar-refractivity contribution is -0.122.